The Morgan fingerprint density at radius 1 is 1.22 bits per heavy atom. The molecule has 0 spiro atoms. The van der Waals surface area contributed by atoms with Gasteiger partial charge in [0.25, 0.3) is 0 Å². The van der Waals surface area contributed by atoms with Gasteiger partial charge in [-0.15, -0.1) is 0 Å². The van der Waals surface area contributed by atoms with Crippen LogP contribution in [-0.2, 0) is 14.8 Å². The van der Waals surface area contributed by atoms with Crippen molar-refractivity contribution in [2.24, 2.45) is 5.92 Å². The van der Waals surface area contributed by atoms with E-state index in [1.165, 1.54) is 16.4 Å². The fourth-order valence-corrected chi connectivity index (χ4v) is 4.99. The minimum Gasteiger partial charge on any atom is -0.326 e. The molecule has 1 saturated heterocycles. The minimum atomic E-state index is -3.64. The van der Waals surface area contributed by atoms with E-state index in [1.54, 1.807) is 12.1 Å². The number of carbonyl (C=O) groups excluding carboxylic acids is 1. The van der Waals surface area contributed by atoms with E-state index in [1.807, 2.05) is 25.1 Å². The molecule has 2 aromatic rings. The summed E-state index contributed by atoms with van der Waals surface area (Å²) in [6, 6.07) is 11.7. The van der Waals surface area contributed by atoms with Crippen molar-refractivity contribution in [3.05, 3.63) is 57.5 Å². The lowest BCUT2D eigenvalue weighted by molar-refractivity contribution is -0.120. The number of sulfonamides is 1. The Morgan fingerprint density at radius 3 is 2.59 bits per heavy atom. The second-order valence-electron chi connectivity index (χ2n) is 6.61. The maximum absolute atomic E-state index is 12.9. The highest BCUT2D eigenvalue weighted by Crippen LogP contribution is 2.26. The third-order valence-electron chi connectivity index (χ3n) is 4.63. The molecule has 3 rings (SSSR count). The Hall–Kier alpha value is -1.41. The number of nitrogens with zero attached hydrogens (tertiary/aromatic N) is 1. The average Bonchev–Trinajstić information content (AvgIpc) is 2.65. The number of piperidine rings is 1. The van der Waals surface area contributed by atoms with Crippen molar-refractivity contribution < 1.29 is 13.2 Å². The lowest BCUT2D eigenvalue weighted by atomic mass is 9.98. The van der Waals surface area contributed by atoms with E-state index in [4.69, 9.17) is 11.6 Å². The lowest BCUT2D eigenvalue weighted by Gasteiger charge is -2.31. The fourth-order valence-electron chi connectivity index (χ4n) is 3.10. The van der Waals surface area contributed by atoms with E-state index in [-0.39, 0.29) is 23.3 Å². The third kappa shape index (κ3) is 4.71. The van der Waals surface area contributed by atoms with Gasteiger partial charge in [-0.1, -0.05) is 27.5 Å². The molecule has 0 aliphatic carbocycles. The van der Waals surface area contributed by atoms with E-state index in [9.17, 15) is 13.2 Å². The van der Waals surface area contributed by atoms with Gasteiger partial charge >= 0.3 is 0 Å². The van der Waals surface area contributed by atoms with E-state index in [2.05, 4.69) is 21.2 Å². The van der Waals surface area contributed by atoms with Crippen LogP contribution in [0.15, 0.2) is 51.8 Å². The van der Waals surface area contributed by atoms with Gasteiger partial charge in [-0.25, -0.2) is 8.42 Å². The molecule has 144 valence electrons. The number of nitrogens with one attached hydrogen (secondary N) is 1. The monoisotopic (exact) mass is 470 g/mol. The summed E-state index contributed by atoms with van der Waals surface area (Å²) in [6.07, 6.45) is 1.30. The topological polar surface area (TPSA) is 66.5 Å². The van der Waals surface area contributed by atoms with Gasteiger partial charge in [0.05, 0.1) is 10.8 Å². The van der Waals surface area contributed by atoms with Crippen LogP contribution >= 0.6 is 27.5 Å². The second-order valence-corrected chi connectivity index (χ2v) is 9.84. The van der Waals surface area contributed by atoms with Gasteiger partial charge in [0.2, 0.25) is 15.9 Å². The van der Waals surface area contributed by atoms with Crippen LogP contribution in [0, 0.1) is 12.8 Å². The van der Waals surface area contributed by atoms with E-state index < -0.39 is 10.0 Å². The van der Waals surface area contributed by atoms with Gasteiger partial charge in [0.1, 0.15) is 0 Å². The van der Waals surface area contributed by atoms with Crippen molar-refractivity contribution in [2.45, 2.75) is 24.7 Å². The predicted octanol–water partition coefficient (Wildman–Crippen LogP) is 4.45. The van der Waals surface area contributed by atoms with Gasteiger partial charge in [-0.05, 0) is 67.8 Å². The predicted molar refractivity (Wildman–Crippen MR) is 110 cm³/mol. The van der Waals surface area contributed by atoms with Crippen molar-refractivity contribution in [3.63, 3.8) is 0 Å². The van der Waals surface area contributed by atoms with E-state index in [0.717, 1.165) is 10.0 Å². The largest absolute Gasteiger partial charge is 0.326 e. The first-order chi connectivity index (χ1) is 12.8. The van der Waals surface area contributed by atoms with Crippen LogP contribution in [0.5, 0.6) is 0 Å². The second kappa shape index (κ2) is 8.31. The molecule has 1 N–H and O–H groups in total. The van der Waals surface area contributed by atoms with Crippen LogP contribution in [0.4, 0.5) is 5.69 Å². The number of aryl methyl sites for hydroxylation is 1. The van der Waals surface area contributed by atoms with Crippen LogP contribution in [0.3, 0.4) is 0 Å². The Morgan fingerprint density at radius 2 is 1.93 bits per heavy atom. The standard InChI is InChI=1S/C19H20BrClN2O3S/c1-13-11-16(6-9-18(13)20)22-19(24)14-3-2-10-23(12-14)27(25,26)17-7-4-15(21)5-8-17/h4-9,11,14H,2-3,10,12H2,1H3,(H,22,24). The molecule has 1 aliphatic rings. The Labute approximate surface area is 172 Å². The Balaban J connectivity index is 1.72. The van der Waals surface area contributed by atoms with Gasteiger partial charge in [0, 0.05) is 28.3 Å². The summed E-state index contributed by atoms with van der Waals surface area (Å²) in [4.78, 5) is 12.8. The average molecular weight is 472 g/mol. The summed E-state index contributed by atoms with van der Waals surface area (Å²) in [6.45, 7) is 2.53. The normalized spacial score (nSPS) is 18.3. The third-order valence-corrected chi connectivity index (χ3v) is 7.65. The molecule has 27 heavy (non-hydrogen) atoms. The number of carbonyl (C=O) groups is 1. The molecule has 1 unspecified atom stereocenters. The highest BCUT2D eigenvalue weighted by molar-refractivity contribution is 9.10. The molecule has 1 fully saturated rings. The summed E-state index contributed by atoms with van der Waals surface area (Å²) in [7, 11) is -3.64. The minimum absolute atomic E-state index is 0.160. The number of amides is 1. The SMILES string of the molecule is Cc1cc(NC(=O)C2CCCN(S(=O)(=O)c3ccc(Cl)cc3)C2)ccc1Br. The van der Waals surface area contributed by atoms with Crippen LogP contribution in [-0.4, -0.2) is 31.7 Å². The van der Waals surface area contributed by atoms with Crippen LogP contribution in [0.2, 0.25) is 5.02 Å². The van der Waals surface area contributed by atoms with Crippen molar-refractivity contribution in [1.82, 2.24) is 4.31 Å². The molecule has 2 aromatic carbocycles. The Bertz CT molecular complexity index is 948. The van der Waals surface area contributed by atoms with Crippen molar-refractivity contribution >= 4 is 49.1 Å². The van der Waals surface area contributed by atoms with Gasteiger partial charge in [-0.2, -0.15) is 4.31 Å². The molecule has 0 radical (unpaired) electrons. The number of hydrogen-bond acceptors (Lipinski definition) is 3. The zero-order chi connectivity index (χ0) is 19.6. The maximum Gasteiger partial charge on any atom is 0.243 e. The molecule has 0 bridgehead atoms. The molecule has 1 heterocycles. The summed E-state index contributed by atoms with van der Waals surface area (Å²) in [5.41, 5.74) is 1.72. The highest BCUT2D eigenvalue weighted by atomic mass is 79.9. The smallest absolute Gasteiger partial charge is 0.243 e. The van der Waals surface area contributed by atoms with Gasteiger partial charge in [0.15, 0.2) is 0 Å². The van der Waals surface area contributed by atoms with Gasteiger partial charge < -0.3 is 5.32 Å². The lowest BCUT2D eigenvalue weighted by Crippen LogP contribution is -2.43. The summed E-state index contributed by atoms with van der Waals surface area (Å²) >= 11 is 9.28. The molecule has 8 heteroatoms. The van der Waals surface area contributed by atoms with E-state index in [0.29, 0.717) is 30.1 Å². The summed E-state index contributed by atoms with van der Waals surface area (Å²) in [5.74, 6) is -0.544. The molecule has 0 aromatic heterocycles. The van der Waals surface area contributed by atoms with Crippen LogP contribution in [0.25, 0.3) is 0 Å². The van der Waals surface area contributed by atoms with Crippen molar-refractivity contribution in [1.29, 1.82) is 0 Å². The highest BCUT2D eigenvalue weighted by Gasteiger charge is 2.33. The number of halogens is 2. The quantitative estimate of drug-likeness (QED) is 0.716. The van der Waals surface area contributed by atoms with E-state index >= 15 is 0 Å². The summed E-state index contributed by atoms with van der Waals surface area (Å²) < 4.78 is 28.1. The van der Waals surface area contributed by atoms with Crippen LogP contribution in [0.1, 0.15) is 18.4 Å². The number of rotatable bonds is 4. The van der Waals surface area contributed by atoms with Crippen LogP contribution < -0.4 is 5.32 Å². The molecule has 0 saturated carbocycles. The number of benzene rings is 2. The first kappa shape index (κ1) is 20.3. The molecule has 1 aliphatic heterocycles. The molecular formula is C19H20BrClN2O3S. The first-order valence-corrected chi connectivity index (χ1v) is 11.2. The number of hydrogen-bond donors (Lipinski definition) is 1. The molecule has 1 amide bonds. The fraction of sp³-hybridized carbons (Fsp3) is 0.316. The summed E-state index contributed by atoms with van der Waals surface area (Å²) in [5, 5.41) is 3.38. The molecule has 1 atom stereocenters. The maximum atomic E-state index is 12.9. The molecule has 5 nitrogen and oxygen atoms in total. The molecular weight excluding hydrogens is 452 g/mol. The zero-order valence-corrected chi connectivity index (χ0v) is 17.9. The zero-order valence-electron chi connectivity index (χ0n) is 14.8. The van der Waals surface area contributed by atoms with Crippen molar-refractivity contribution in [2.75, 3.05) is 18.4 Å². The number of anilines is 1. The first-order valence-electron chi connectivity index (χ1n) is 8.60. The Kier molecular flexibility index (Phi) is 6.25. The van der Waals surface area contributed by atoms with Gasteiger partial charge in [-0.3, -0.25) is 4.79 Å². The van der Waals surface area contributed by atoms with Crippen molar-refractivity contribution in [3.8, 4) is 0 Å².